The summed E-state index contributed by atoms with van der Waals surface area (Å²) >= 11 is 0. The zero-order valence-electron chi connectivity index (χ0n) is 11.4. The third-order valence-electron chi connectivity index (χ3n) is 4.97. The molecule has 2 aliphatic carbocycles. The van der Waals surface area contributed by atoms with Crippen LogP contribution in [0.2, 0.25) is 0 Å². The van der Waals surface area contributed by atoms with Gasteiger partial charge in [0.2, 0.25) is 0 Å². The molecular formula is C16H21NO3. The van der Waals surface area contributed by atoms with E-state index in [1.807, 2.05) is 6.07 Å². The van der Waals surface area contributed by atoms with Crippen molar-refractivity contribution in [3.8, 4) is 0 Å². The minimum atomic E-state index is -1.13. The highest BCUT2D eigenvalue weighted by Gasteiger charge is 2.48. The molecule has 0 saturated heterocycles. The van der Waals surface area contributed by atoms with Crippen LogP contribution in [0, 0.1) is 17.8 Å². The normalized spacial score (nSPS) is 33.1. The highest BCUT2D eigenvalue weighted by atomic mass is 16.3. The Bertz CT molecular complexity index is 476. The van der Waals surface area contributed by atoms with Crippen molar-refractivity contribution in [2.75, 3.05) is 6.61 Å². The number of fused-ring (bicyclic) bond motifs is 2. The van der Waals surface area contributed by atoms with Crippen molar-refractivity contribution < 1.29 is 15.0 Å². The lowest BCUT2D eigenvalue weighted by molar-refractivity contribution is -0.131. The van der Waals surface area contributed by atoms with Gasteiger partial charge < -0.3 is 15.5 Å². The molecule has 2 saturated carbocycles. The molecule has 3 N–H and O–H groups in total. The van der Waals surface area contributed by atoms with E-state index in [0.717, 1.165) is 19.3 Å². The number of nitrogens with one attached hydrogen (secondary N) is 1. The molecule has 4 heteroatoms. The van der Waals surface area contributed by atoms with Crippen LogP contribution in [0.25, 0.3) is 0 Å². The summed E-state index contributed by atoms with van der Waals surface area (Å²) in [6, 6.07) is 8.97. The van der Waals surface area contributed by atoms with E-state index in [-0.39, 0.29) is 24.5 Å². The van der Waals surface area contributed by atoms with Crippen molar-refractivity contribution >= 4 is 5.91 Å². The highest BCUT2D eigenvalue weighted by Crippen LogP contribution is 2.48. The van der Waals surface area contributed by atoms with Crippen LogP contribution in [-0.4, -0.2) is 28.8 Å². The van der Waals surface area contributed by atoms with Crippen LogP contribution >= 0.6 is 0 Å². The van der Waals surface area contributed by atoms with Gasteiger partial charge in [-0.2, -0.15) is 0 Å². The molecule has 0 aliphatic heterocycles. The molecule has 1 amide bonds. The predicted octanol–water partition coefficient (Wildman–Crippen LogP) is 1.24. The molecule has 0 radical (unpaired) electrons. The number of carbonyl (C=O) groups is 1. The SMILES string of the molecule is O=C(NC1C2CCC(C2)C1CO)[C@@H](O)c1ccccc1. The molecule has 20 heavy (non-hydrogen) atoms. The first-order chi connectivity index (χ1) is 9.70. The molecule has 4 nitrogen and oxygen atoms in total. The number of hydrogen-bond donors (Lipinski definition) is 3. The number of amides is 1. The van der Waals surface area contributed by atoms with Gasteiger partial charge in [0.05, 0.1) is 0 Å². The van der Waals surface area contributed by atoms with Crippen molar-refractivity contribution in [3.63, 3.8) is 0 Å². The van der Waals surface area contributed by atoms with Gasteiger partial charge in [0.1, 0.15) is 0 Å². The lowest BCUT2D eigenvalue weighted by atomic mass is 9.85. The van der Waals surface area contributed by atoms with Crippen molar-refractivity contribution in [2.24, 2.45) is 17.8 Å². The van der Waals surface area contributed by atoms with Crippen molar-refractivity contribution in [2.45, 2.75) is 31.4 Å². The van der Waals surface area contributed by atoms with Gasteiger partial charge in [-0.3, -0.25) is 4.79 Å². The van der Waals surface area contributed by atoms with Crippen LogP contribution in [0.1, 0.15) is 30.9 Å². The predicted molar refractivity (Wildman–Crippen MR) is 74.7 cm³/mol. The summed E-state index contributed by atoms with van der Waals surface area (Å²) in [5.74, 6) is 0.793. The zero-order valence-corrected chi connectivity index (χ0v) is 11.4. The second-order valence-electron chi connectivity index (χ2n) is 6.03. The average molecular weight is 275 g/mol. The molecule has 0 heterocycles. The molecule has 0 spiro atoms. The van der Waals surface area contributed by atoms with Gasteiger partial charge in [-0.25, -0.2) is 0 Å². The first kappa shape index (κ1) is 13.6. The molecule has 108 valence electrons. The van der Waals surface area contributed by atoms with Gasteiger partial charge in [0.25, 0.3) is 5.91 Å². The Hall–Kier alpha value is -1.39. The molecular weight excluding hydrogens is 254 g/mol. The molecule has 3 rings (SSSR count). The van der Waals surface area contributed by atoms with E-state index < -0.39 is 6.10 Å². The second kappa shape index (κ2) is 5.54. The minimum absolute atomic E-state index is 0.0182. The van der Waals surface area contributed by atoms with Crippen LogP contribution < -0.4 is 5.32 Å². The second-order valence-corrected chi connectivity index (χ2v) is 6.03. The quantitative estimate of drug-likeness (QED) is 0.774. The fraction of sp³-hybridized carbons (Fsp3) is 0.562. The lowest BCUT2D eigenvalue weighted by Crippen LogP contribution is -2.46. The van der Waals surface area contributed by atoms with Crippen molar-refractivity contribution in [3.05, 3.63) is 35.9 Å². The van der Waals surface area contributed by atoms with Gasteiger partial charge in [-0.05, 0) is 36.7 Å². The maximum absolute atomic E-state index is 12.2. The number of aliphatic hydroxyl groups excluding tert-OH is 2. The standard InChI is InChI=1S/C16H21NO3/c18-9-13-11-6-7-12(8-11)14(13)17-16(20)15(19)10-4-2-1-3-5-10/h1-5,11-15,18-19H,6-9H2,(H,17,20)/t11?,12?,13?,14?,15-/m0/s1. The molecule has 5 atom stereocenters. The lowest BCUT2D eigenvalue weighted by Gasteiger charge is -2.31. The van der Waals surface area contributed by atoms with E-state index >= 15 is 0 Å². The van der Waals surface area contributed by atoms with E-state index in [4.69, 9.17) is 0 Å². The Balaban J connectivity index is 1.67. The maximum atomic E-state index is 12.2. The molecule has 4 unspecified atom stereocenters. The zero-order chi connectivity index (χ0) is 14.1. The summed E-state index contributed by atoms with van der Waals surface area (Å²) < 4.78 is 0. The Morgan fingerprint density at radius 2 is 1.95 bits per heavy atom. The van der Waals surface area contributed by atoms with E-state index in [9.17, 15) is 15.0 Å². The maximum Gasteiger partial charge on any atom is 0.253 e. The van der Waals surface area contributed by atoms with E-state index in [0.29, 0.717) is 17.4 Å². The first-order valence-electron chi connectivity index (χ1n) is 7.35. The highest BCUT2D eigenvalue weighted by molar-refractivity contribution is 5.82. The number of benzene rings is 1. The van der Waals surface area contributed by atoms with E-state index in [2.05, 4.69) is 5.32 Å². The van der Waals surface area contributed by atoms with Crippen LogP contribution in [0.3, 0.4) is 0 Å². The topological polar surface area (TPSA) is 69.6 Å². The Morgan fingerprint density at radius 3 is 2.65 bits per heavy atom. The van der Waals surface area contributed by atoms with Crippen molar-refractivity contribution in [1.82, 2.24) is 5.32 Å². The molecule has 2 aliphatic rings. The average Bonchev–Trinajstić information content (AvgIpc) is 3.08. The van der Waals surface area contributed by atoms with Gasteiger partial charge in [0.15, 0.2) is 6.10 Å². The van der Waals surface area contributed by atoms with Gasteiger partial charge in [-0.1, -0.05) is 30.3 Å². The third kappa shape index (κ3) is 2.34. The number of rotatable bonds is 4. The monoisotopic (exact) mass is 275 g/mol. The first-order valence-corrected chi connectivity index (χ1v) is 7.35. The number of aliphatic hydroxyl groups is 2. The van der Waals surface area contributed by atoms with Crippen molar-refractivity contribution in [1.29, 1.82) is 0 Å². The Labute approximate surface area is 118 Å². The summed E-state index contributed by atoms with van der Waals surface area (Å²) in [4.78, 5) is 12.2. The minimum Gasteiger partial charge on any atom is -0.396 e. The molecule has 2 fully saturated rings. The summed E-state index contributed by atoms with van der Waals surface area (Å²) in [5, 5.41) is 22.6. The summed E-state index contributed by atoms with van der Waals surface area (Å²) in [5.41, 5.74) is 0.605. The Kier molecular flexibility index (Phi) is 3.76. The Morgan fingerprint density at radius 1 is 1.25 bits per heavy atom. The summed E-state index contributed by atoms with van der Waals surface area (Å²) in [7, 11) is 0. The van der Waals surface area contributed by atoms with E-state index in [1.165, 1.54) is 0 Å². The smallest absolute Gasteiger partial charge is 0.253 e. The largest absolute Gasteiger partial charge is 0.396 e. The third-order valence-corrected chi connectivity index (χ3v) is 4.97. The molecule has 2 bridgehead atoms. The van der Waals surface area contributed by atoms with Gasteiger partial charge >= 0.3 is 0 Å². The van der Waals surface area contributed by atoms with Gasteiger partial charge in [0, 0.05) is 18.6 Å². The number of hydrogen-bond acceptors (Lipinski definition) is 3. The van der Waals surface area contributed by atoms with Crippen LogP contribution in [0.15, 0.2) is 30.3 Å². The van der Waals surface area contributed by atoms with E-state index in [1.54, 1.807) is 24.3 Å². The number of carbonyl (C=O) groups excluding carboxylic acids is 1. The fourth-order valence-corrected chi connectivity index (χ4v) is 3.93. The van der Waals surface area contributed by atoms with Crippen LogP contribution in [0.4, 0.5) is 0 Å². The van der Waals surface area contributed by atoms with Gasteiger partial charge in [-0.15, -0.1) is 0 Å². The fourth-order valence-electron chi connectivity index (χ4n) is 3.93. The molecule has 0 aromatic heterocycles. The molecule has 1 aromatic carbocycles. The molecule has 1 aromatic rings. The van der Waals surface area contributed by atoms with Crippen LogP contribution in [-0.2, 0) is 4.79 Å². The van der Waals surface area contributed by atoms with Crippen LogP contribution in [0.5, 0.6) is 0 Å². The summed E-state index contributed by atoms with van der Waals surface area (Å²) in [6.45, 7) is 0.119. The summed E-state index contributed by atoms with van der Waals surface area (Å²) in [6.07, 6.45) is 2.24.